The number of rotatable bonds is 3. The van der Waals surface area contributed by atoms with Crippen LogP contribution >= 0.6 is 0 Å². The molecule has 2 heterocycles. The first-order valence-corrected chi connectivity index (χ1v) is 7.79. The van der Waals surface area contributed by atoms with E-state index in [4.69, 9.17) is 5.26 Å². The van der Waals surface area contributed by atoms with Gasteiger partial charge in [-0.1, -0.05) is 12.1 Å². The average molecular weight is 401 g/mol. The van der Waals surface area contributed by atoms with Gasteiger partial charge in [0.1, 0.15) is 11.8 Å². The van der Waals surface area contributed by atoms with Gasteiger partial charge in [-0.2, -0.15) is 27.2 Å². The van der Waals surface area contributed by atoms with E-state index in [0.29, 0.717) is 5.56 Å². The first-order valence-electron chi connectivity index (χ1n) is 7.79. The van der Waals surface area contributed by atoms with Crippen molar-refractivity contribution in [1.29, 1.82) is 5.26 Å². The van der Waals surface area contributed by atoms with Gasteiger partial charge in [0, 0.05) is 18.3 Å². The first kappa shape index (κ1) is 19.8. The molecule has 148 valence electrons. The number of aliphatic hydroxyl groups is 2. The van der Waals surface area contributed by atoms with Gasteiger partial charge in [-0.15, -0.1) is 0 Å². The van der Waals surface area contributed by atoms with E-state index >= 15 is 0 Å². The molecular formula is C17H12F5N3O3. The summed E-state index contributed by atoms with van der Waals surface area (Å²) in [5, 5.41) is 28.4. The van der Waals surface area contributed by atoms with Crippen molar-refractivity contribution in [2.24, 2.45) is 0 Å². The van der Waals surface area contributed by atoms with Crippen molar-refractivity contribution in [1.82, 2.24) is 4.98 Å². The summed E-state index contributed by atoms with van der Waals surface area (Å²) in [6.45, 7) is -0.379. The Kier molecular flexibility index (Phi) is 4.86. The fraction of sp³-hybridized carbons (Fsp3) is 0.294. The molecule has 2 atom stereocenters. The number of hydrogen-bond donors (Lipinski definition) is 2. The number of aromatic nitrogens is 1. The molecule has 11 heteroatoms. The molecule has 1 aliphatic heterocycles. The predicted octanol–water partition coefficient (Wildman–Crippen LogP) is 2.86. The van der Waals surface area contributed by atoms with E-state index in [1.807, 2.05) is 0 Å². The fourth-order valence-electron chi connectivity index (χ4n) is 2.78. The van der Waals surface area contributed by atoms with Gasteiger partial charge in [-0.25, -0.2) is 4.98 Å². The number of nitrogens with zero attached hydrogens (tertiary/aromatic N) is 3. The second-order valence-corrected chi connectivity index (χ2v) is 5.97. The van der Waals surface area contributed by atoms with Crippen molar-refractivity contribution in [3.8, 4) is 11.8 Å². The molecule has 1 aromatic carbocycles. The van der Waals surface area contributed by atoms with E-state index < -0.39 is 35.9 Å². The van der Waals surface area contributed by atoms with Crippen LogP contribution in [0.3, 0.4) is 0 Å². The molecule has 2 aromatic rings. The zero-order chi connectivity index (χ0) is 20.7. The molecular weight excluding hydrogens is 389 g/mol. The van der Waals surface area contributed by atoms with Crippen LogP contribution in [0, 0.1) is 11.3 Å². The molecule has 0 saturated heterocycles. The highest BCUT2D eigenvalue weighted by atomic mass is 19.4. The Bertz CT molecular complexity index is 929. The molecule has 0 spiro atoms. The van der Waals surface area contributed by atoms with E-state index in [2.05, 4.69) is 9.72 Å². The highest BCUT2D eigenvalue weighted by Crippen LogP contribution is 2.48. The van der Waals surface area contributed by atoms with Crippen molar-refractivity contribution in [3.63, 3.8) is 0 Å². The van der Waals surface area contributed by atoms with Crippen LogP contribution in [-0.4, -0.2) is 33.7 Å². The van der Waals surface area contributed by atoms with E-state index in [1.165, 1.54) is 24.4 Å². The SMILES string of the molecule is N#Cc1cc(CN2c3cccc(C(O)C(F)(F)F)c3OC(F)(F)C2O)ccn1. The van der Waals surface area contributed by atoms with Gasteiger partial charge in [-0.05, 0) is 23.8 Å². The van der Waals surface area contributed by atoms with E-state index in [-0.39, 0.29) is 17.9 Å². The molecule has 0 saturated carbocycles. The lowest BCUT2D eigenvalue weighted by Crippen LogP contribution is -2.54. The smallest absolute Gasteiger partial charge is 0.427 e. The van der Waals surface area contributed by atoms with Crippen LogP contribution in [0.25, 0.3) is 0 Å². The van der Waals surface area contributed by atoms with Crippen LogP contribution in [0.5, 0.6) is 5.75 Å². The molecule has 1 aromatic heterocycles. The van der Waals surface area contributed by atoms with Gasteiger partial charge in [0.25, 0.3) is 0 Å². The number of halogens is 5. The molecule has 2 N–H and O–H groups in total. The van der Waals surface area contributed by atoms with Crippen LogP contribution in [-0.2, 0) is 6.54 Å². The highest BCUT2D eigenvalue weighted by Gasteiger charge is 2.52. The van der Waals surface area contributed by atoms with Crippen molar-refractivity contribution < 1.29 is 36.9 Å². The van der Waals surface area contributed by atoms with Gasteiger partial charge in [0.05, 0.1) is 5.69 Å². The van der Waals surface area contributed by atoms with Crippen molar-refractivity contribution in [2.75, 3.05) is 4.90 Å². The maximum Gasteiger partial charge on any atom is 0.444 e. The Morgan fingerprint density at radius 3 is 2.68 bits per heavy atom. The molecule has 2 unspecified atom stereocenters. The molecule has 1 aliphatic rings. The number of benzene rings is 1. The first-order chi connectivity index (χ1) is 13.0. The van der Waals surface area contributed by atoms with E-state index in [1.54, 1.807) is 6.07 Å². The normalized spacial score (nSPS) is 19.4. The molecule has 0 radical (unpaired) electrons. The number of anilines is 1. The standard InChI is InChI=1S/C17H12F5N3O3/c18-16(19,20)14(26)11-2-1-3-12-13(11)28-17(21,22)15(27)25(12)8-9-4-5-24-10(6-9)7-23/h1-6,14-15,26-27H,8H2. The summed E-state index contributed by atoms with van der Waals surface area (Å²) >= 11 is 0. The quantitative estimate of drug-likeness (QED) is 0.769. The number of aliphatic hydroxyl groups excluding tert-OH is 2. The monoisotopic (exact) mass is 401 g/mol. The number of alkyl halides is 5. The number of pyridine rings is 1. The summed E-state index contributed by atoms with van der Waals surface area (Å²) in [5.74, 6) is -0.891. The third kappa shape index (κ3) is 3.56. The van der Waals surface area contributed by atoms with Gasteiger partial charge in [0.15, 0.2) is 11.9 Å². The lowest BCUT2D eigenvalue weighted by atomic mass is 10.0. The second kappa shape index (κ2) is 6.88. The summed E-state index contributed by atoms with van der Waals surface area (Å²) in [6, 6.07) is 7.55. The van der Waals surface area contributed by atoms with Crippen LogP contribution in [0.15, 0.2) is 36.5 Å². The van der Waals surface area contributed by atoms with Crippen molar-refractivity contribution in [3.05, 3.63) is 53.3 Å². The van der Waals surface area contributed by atoms with E-state index in [0.717, 1.165) is 17.0 Å². The molecule has 0 fully saturated rings. The second-order valence-electron chi connectivity index (χ2n) is 5.97. The Morgan fingerprint density at radius 1 is 1.32 bits per heavy atom. The zero-order valence-electron chi connectivity index (χ0n) is 13.9. The van der Waals surface area contributed by atoms with E-state index in [9.17, 15) is 32.2 Å². The number of ether oxygens (including phenoxy) is 1. The summed E-state index contributed by atoms with van der Waals surface area (Å²) in [6.07, 6.45) is -13.7. The summed E-state index contributed by atoms with van der Waals surface area (Å²) in [4.78, 5) is 4.46. The minimum atomic E-state index is -5.11. The third-order valence-electron chi connectivity index (χ3n) is 4.06. The lowest BCUT2D eigenvalue weighted by Gasteiger charge is -2.40. The summed E-state index contributed by atoms with van der Waals surface area (Å²) in [5.41, 5.74) is -0.881. The number of nitriles is 1. The highest BCUT2D eigenvalue weighted by molar-refractivity contribution is 5.65. The number of hydrogen-bond acceptors (Lipinski definition) is 6. The number of fused-ring (bicyclic) bond motifs is 1. The maximum absolute atomic E-state index is 14.2. The molecule has 0 bridgehead atoms. The number of para-hydroxylation sites is 1. The van der Waals surface area contributed by atoms with Crippen molar-refractivity contribution >= 4 is 5.69 Å². The largest absolute Gasteiger partial charge is 0.444 e. The molecule has 0 aliphatic carbocycles. The Labute approximate surface area is 155 Å². The molecule has 3 rings (SSSR count). The molecule has 6 nitrogen and oxygen atoms in total. The third-order valence-corrected chi connectivity index (χ3v) is 4.06. The van der Waals surface area contributed by atoms with Crippen LogP contribution < -0.4 is 9.64 Å². The van der Waals surface area contributed by atoms with Crippen LogP contribution in [0.1, 0.15) is 22.9 Å². The summed E-state index contributed by atoms with van der Waals surface area (Å²) in [7, 11) is 0. The Balaban J connectivity index is 2.09. The minimum Gasteiger partial charge on any atom is -0.427 e. The predicted molar refractivity (Wildman–Crippen MR) is 84.2 cm³/mol. The van der Waals surface area contributed by atoms with Gasteiger partial charge in [0.2, 0.25) is 6.23 Å². The van der Waals surface area contributed by atoms with Gasteiger partial charge < -0.3 is 19.8 Å². The zero-order valence-corrected chi connectivity index (χ0v) is 13.9. The van der Waals surface area contributed by atoms with Gasteiger partial charge in [-0.3, -0.25) is 0 Å². The lowest BCUT2D eigenvalue weighted by molar-refractivity contribution is -0.248. The summed E-state index contributed by atoms with van der Waals surface area (Å²) < 4.78 is 71.4. The fourth-order valence-corrected chi connectivity index (χ4v) is 2.78. The van der Waals surface area contributed by atoms with Gasteiger partial charge >= 0.3 is 12.3 Å². The molecule has 0 amide bonds. The Hall–Kier alpha value is -2.97. The maximum atomic E-state index is 14.2. The minimum absolute atomic E-state index is 0.00604. The average Bonchev–Trinajstić information content (AvgIpc) is 2.63. The van der Waals surface area contributed by atoms with Crippen LogP contribution in [0.2, 0.25) is 0 Å². The van der Waals surface area contributed by atoms with Crippen molar-refractivity contribution in [2.45, 2.75) is 31.2 Å². The van der Waals surface area contributed by atoms with Crippen LogP contribution in [0.4, 0.5) is 27.6 Å². The Morgan fingerprint density at radius 2 is 2.04 bits per heavy atom. The molecule has 28 heavy (non-hydrogen) atoms. The topological polar surface area (TPSA) is 89.6 Å².